The lowest BCUT2D eigenvalue weighted by atomic mass is 10.1. The Kier molecular flexibility index (Phi) is 6.04. The zero-order chi connectivity index (χ0) is 18.5. The molecule has 0 fully saturated rings. The molecule has 1 amide bonds. The lowest BCUT2D eigenvalue weighted by molar-refractivity contribution is 0.0505. The number of halogens is 1. The number of thiophene rings is 1. The van der Waals surface area contributed by atoms with Crippen molar-refractivity contribution in [1.82, 2.24) is 0 Å². The molecule has 0 radical (unpaired) electrons. The molecule has 0 atom stereocenters. The van der Waals surface area contributed by atoms with E-state index in [9.17, 15) is 14.0 Å². The van der Waals surface area contributed by atoms with Crippen LogP contribution in [0.3, 0.4) is 0 Å². The Morgan fingerprint density at radius 2 is 1.88 bits per heavy atom. The summed E-state index contributed by atoms with van der Waals surface area (Å²) in [5.41, 5.74) is 1.86. The summed E-state index contributed by atoms with van der Waals surface area (Å²) >= 11 is 1.46. The SMILES string of the molecule is CCCOC(=O)c1c(NC(=O)c2ccc(F)cc2)sc2c1CCCCC2. The van der Waals surface area contributed by atoms with Gasteiger partial charge in [-0.25, -0.2) is 9.18 Å². The van der Waals surface area contributed by atoms with Crippen LogP contribution in [0.1, 0.15) is 63.8 Å². The number of carbonyl (C=O) groups is 2. The van der Waals surface area contributed by atoms with E-state index >= 15 is 0 Å². The third kappa shape index (κ3) is 4.12. The monoisotopic (exact) mass is 375 g/mol. The molecule has 1 heterocycles. The summed E-state index contributed by atoms with van der Waals surface area (Å²) in [6, 6.07) is 5.35. The number of ether oxygens (including phenoxy) is 1. The van der Waals surface area contributed by atoms with Crippen LogP contribution in [-0.2, 0) is 17.6 Å². The summed E-state index contributed by atoms with van der Waals surface area (Å²) in [6.07, 6.45) is 5.75. The number of hydrogen-bond acceptors (Lipinski definition) is 4. The van der Waals surface area contributed by atoms with Crippen molar-refractivity contribution >= 4 is 28.2 Å². The van der Waals surface area contributed by atoms with E-state index in [0.29, 0.717) is 22.7 Å². The van der Waals surface area contributed by atoms with Gasteiger partial charge in [-0.1, -0.05) is 13.3 Å². The molecule has 0 aliphatic heterocycles. The average Bonchev–Trinajstić information content (AvgIpc) is 2.81. The van der Waals surface area contributed by atoms with Gasteiger partial charge in [-0.15, -0.1) is 11.3 Å². The molecule has 1 N–H and O–H groups in total. The Balaban J connectivity index is 1.91. The van der Waals surface area contributed by atoms with Crippen molar-refractivity contribution in [1.29, 1.82) is 0 Å². The zero-order valence-corrected chi connectivity index (χ0v) is 15.6. The van der Waals surface area contributed by atoms with Crippen molar-refractivity contribution in [2.75, 3.05) is 11.9 Å². The first-order valence-corrected chi connectivity index (χ1v) is 9.80. The van der Waals surface area contributed by atoms with Gasteiger partial charge in [0, 0.05) is 10.4 Å². The van der Waals surface area contributed by atoms with Crippen LogP contribution in [0.15, 0.2) is 24.3 Å². The fourth-order valence-electron chi connectivity index (χ4n) is 3.09. The van der Waals surface area contributed by atoms with Gasteiger partial charge in [0.1, 0.15) is 10.8 Å². The van der Waals surface area contributed by atoms with E-state index in [1.165, 1.54) is 35.6 Å². The fourth-order valence-corrected chi connectivity index (χ4v) is 4.36. The predicted molar refractivity (Wildman–Crippen MR) is 101 cm³/mol. The van der Waals surface area contributed by atoms with Gasteiger partial charge in [0.05, 0.1) is 12.2 Å². The van der Waals surface area contributed by atoms with E-state index < -0.39 is 5.82 Å². The maximum Gasteiger partial charge on any atom is 0.341 e. The van der Waals surface area contributed by atoms with E-state index in [1.54, 1.807) is 0 Å². The number of aryl methyl sites for hydroxylation is 1. The smallest absolute Gasteiger partial charge is 0.341 e. The first-order chi connectivity index (χ1) is 12.6. The molecular formula is C20H22FNO3S. The summed E-state index contributed by atoms with van der Waals surface area (Å²) in [5.74, 6) is -1.13. The standard InChI is InChI=1S/C20H22FNO3S/c1-2-12-25-20(24)17-15-6-4-3-5-7-16(15)26-19(17)22-18(23)13-8-10-14(21)11-9-13/h8-11H,2-7,12H2,1H3,(H,22,23). The van der Waals surface area contributed by atoms with E-state index in [2.05, 4.69) is 5.32 Å². The van der Waals surface area contributed by atoms with Gasteiger partial charge in [0.25, 0.3) is 5.91 Å². The molecule has 0 spiro atoms. The maximum atomic E-state index is 13.1. The summed E-state index contributed by atoms with van der Waals surface area (Å²) < 4.78 is 18.4. The summed E-state index contributed by atoms with van der Waals surface area (Å²) in [4.78, 5) is 26.3. The van der Waals surface area contributed by atoms with Crippen molar-refractivity contribution in [2.24, 2.45) is 0 Å². The quantitative estimate of drug-likeness (QED) is 0.593. The molecule has 1 aromatic heterocycles. The first kappa shape index (κ1) is 18.6. The second-order valence-electron chi connectivity index (χ2n) is 6.37. The van der Waals surface area contributed by atoms with Crippen LogP contribution in [0.4, 0.5) is 9.39 Å². The minimum Gasteiger partial charge on any atom is -0.462 e. The highest BCUT2D eigenvalue weighted by molar-refractivity contribution is 7.17. The summed E-state index contributed by atoms with van der Waals surface area (Å²) in [5, 5.41) is 3.37. The number of hydrogen-bond donors (Lipinski definition) is 1. The molecular weight excluding hydrogens is 353 g/mol. The van der Waals surface area contributed by atoms with Gasteiger partial charge < -0.3 is 10.1 Å². The van der Waals surface area contributed by atoms with Crippen LogP contribution in [0.25, 0.3) is 0 Å². The van der Waals surface area contributed by atoms with Crippen molar-refractivity contribution in [2.45, 2.75) is 45.4 Å². The predicted octanol–water partition coefficient (Wildman–Crippen LogP) is 4.98. The molecule has 26 heavy (non-hydrogen) atoms. The number of anilines is 1. The lowest BCUT2D eigenvalue weighted by Gasteiger charge is -2.09. The van der Waals surface area contributed by atoms with E-state index in [1.807, 2.05) is 6.92 Å². The Hall–Kier alpha value is -2.21. The Bertz CT molecular complexity index is 798. The molecule has 0 saturated carbocycles. The zero-order valence-electron chi connectivity index (χ0n) is 14.8. The van der Waals surface area contributed by atoms with Crippen LogP contribution >= 0.6 is 11.3 Å². The van der Waals surface area contributed by atoms with E-state index in [0.717, 1.165) is 49.0 Å². The number of esters is 1. The van der Waals surface area contributed by atoms with Crippen LogP contribution in [0.5, 0.6) is 0 Å². The lowest BCUT2D eigenvalue weighted by Crippen LogP contribution is -2.15. The molecule has 6 heteroatoms. The number of fused-ring (bicyclic) bond motifs is 1. The van der Waals surface area contributed by atoms with Crippen LogP contribution in [0.2, 0.25) is 0 Å². The van der Waals surface area contributed by atoms with E-state index in [-0.39, 0.29) is 11.9 Å². The third-order valence-electron chi connectivity index (χ3n) is 4.40. The number of amides is 1. The summed E-state index contributed by atoms with van der Waals surface area (Å²) in [7, 11) is 0. The molecule has 0 bridgehead atoms. The molecule has 3 rings (SSSR count). The van der Waals surface area contributed by atoms with Gasteiger partial charge in [-0.3, -0.25) is 4.79 Å². The normalized spacial score (nSPS) is 13.6. The van der Waals surface area contributed by atoms with Crippen LogP contribution in [-0.4, -0.2) is 18.5 Å². The molecule has 0 saturated heterocycles. The van der Waals surface area contributed by atoms with Gasteiger partial charge in [-0.05, 0) is 61.9 Å². The van der Waals surface area contributed by atoms with Crippen molar-refractivity contribution in [3.8, 4) is 0 Å². The highest BCUT2D eigenvalue weighted by Crippen LogP contribution is 2.38. The molecule has 138 valence electrons. The number of carbonyl (C=O) groups excluding carboxylic acids is 2. The Morgan fingerprint density at radius 1 is 1.15 bits per heavy atom. The topological polar surface area (TPSA) is 55.4 Å². The second-order valence-corrected chi connectivity index (χ2v) is 7.47. The third-order valence-corrected chi connectivity index (χ3v) is 5.60. The second kappa shape index (κ2) is 8.45. The highest BCUT2D eigenvalue weighted by atomic mass is 32.1. The maximum absolute atomic E-state index is 13.1. The molecule has 0 unspecified atom stereocenters. The van der Waals surface area contributed by atoms with Crippen molar-refractivity contribution < 1.29 is 18.7 Å². The van der Waals surface area contributed by atoms with Crippen LogP contribution < -0.4 is 5.32 Å². The average molecular weight is 375 g/mol. The molecule has 2 aromatic rings. The fraction of sp³-hybridized carbons (Fsp3) is 0.400. The van der Waals surface area contributed by atoms with Gasteiger partial charge in [0.2, 0.25) is 0 Å². The Labute approximate surface area is 156 Å². The van der Waals surface area contributed by atoms with Crippen molar-refractivity contribution in [3.63, 3.8) is 0 Å². The minimum absolute atomic E-state index is 0.350. The first-order valence-electron chi connectivity index (χ1n) is 8.98. The molecule has 4 nitrogen and oxygen atoms in total. The number of nitrogens with one attached hydrogen (secondary N) is 1. The highest BCUT2D eigenvalue weighted by Gasteiger charge is 2.26. The van der Waals surface area contributed by atoms with Gasteiger partial charge in [-0.2, -0.15) is 0 Å². The molecule has 1 aliphatic carbocycles. The number of benzene rings is 1. The van der Waals surface area contributed by atoms with E-state index in [4.69, 9.17) is 4.74 Å². The van der Waals surface area contributed by atoms with Gasteiger partial charge in [0.15, 0.2) is 0 Å². The largest absolute Gasteiger partial charge is 0.462 e. The Morgan fingerprint density at radius 3 is 2.62 bits per heavy atom. The molecule has 1 aromatic carbocycles. The van der Waals surface area contributed by atoms with Crippen LogP contribution in [0, 0.1) is 5.82 Å². The minimum atomic E-state index is -0.395. The van der Waals surface area contributed by atoms with Gasteiger partial charge >= 0.3 is 5.97 Å². The van der Waals surface area contributed by atoms with Crippen molar-refractivity contribution in [3.05, 3.63) is 51.7 Å². The number of rotatable bonds is 5. The summed E-state index contributed by atoms with van der Waals surface area (Å²) in [6.45, 7) is 2.30. The molecule has 1 aliphatic rings.